The number of unbranched alkanes of at least 4 members (excludes halogenated alkanes) is 2. The monoisotopic (exact) mass is 1260 g/mol. The highest BCUT2D eigenvalue weighted by atomic mass is 32.2. The highest BCUT2D eigenvalue weighted by Gasteiger charge is 2.42. The molecule has 4 rings (SSSR count). The zero-order chi connectivity index (χ0) is 64.7. The third kappa shape index (κ3) is 24.6. The SMILES string of the molecule is CC(=O)OCC(CSCC(N)C(=O)NCC(=O)N[C@@H](CC(=O)O)C(=O)N1CCC[C@H]1C(=O)N[C@@H](CCCCN)C(=O)N[C@@H](Cc1cnc[nH]1)C(=O)N1CCC[C@H]1C(=O)N[C@@H](CCCCN)C(=O)NC(CO)C(=O)N[C@H](C=O)Cc1ccccc1)OC(C)=O. The second kappa shape index (κ2) is 38.3. The maximum absolute atomic E-state index is 14.7. The fraction of sp³-hybridized carbons (Fsp3) is 0.607. The van der Waals surface area contributed by atoms with Crippen LogP contribution in [0.15, 0.2) is 42.9 Å². The number of benzene rings is 1. The van der Waals surface area contributed by atoms with Gasteiger partial charge in [0.2, 0.25) is 53.2 Å². The Morgan fingerprint density at radius 2 is 1.28 bits per heavy atom. The van der Waals surface area contributed by atoms with Gasteiger partial charge < -0.3 is 93.7 Å². The third-order valence-electron chi connectivity index (χ3n) is 14.2. The van der Waals surface area contributed by atoms with Crippen LogP contribution in [-0.2, 0) is 84.6 Å². The van der Waals surface area contributed by atoms with Gasteiger partial charge in [0.25, 0.3) is 0 Å². The minimum Gasteiger partial charge on any atom is -0.481 e. The molecule has 31 nitrogen and oxygen atoms in total. The third-order valence-corrected chi connectivity index (χ3v) is 15.4. The normalized spacial score (nSPS) is 17.2. The Balaban J connectivity index is 1.45. The van der Waals surface area contributed by atoms with Crippen LogP contribution in [0.3, 0.4) is 0 Å². The lowest BCUT2D eigenvalue weighted by atomic mass is 10.0. The molecule has 3 unspecified atom stereocenters. The smallest absolute Gasteiger partial charge is 0.305 e. The number of nitrogens with two attached hydrogens (primary N) is 3. The minimum absolute atomic E-state index is 0.00353. The van der Waals surface area contributed by atoms with Crippen LogP contribution < -0.4 is 54.4 Å². The van der Waals surface area contributed by atoms with Crippen molar-refractivity contribution >= 4 is 89.1 Å². The number of aromatic nitrogens is 2. The number of hydrogen-bond acceptors (Lipinski definition) is 21. The van der Waals surface area contributed by atoms with E-state index in [0.29, 0.717) is 44.1 Å². The summed E-state index contributed by atoms with van der Waals surface area (Å²) < 4.78 is 10.0. The number of thioether (sulfide) groups is 1. The predicted octanol–water partition coefficient (Wildman–Crippen LogP) is -4.32. The van der Waals surface area contributed by atoms with Crippen molar-refractivity contribution in [3.8, 4) is 0 Å². The Hall–Kier alpha value is -8.07. The van der Waals surface area contributed by atoms with Gasteiger partial charge >= 0.3 is 17.9 Å². The van der Waals surface area contributed by atoms with Crippen molar-refractivity contribution in [3.63, 3.8) is 0 Å². The lowest BCUT2D eigenvalue weighted by Crippen LogP contribution is -2.60. The maximum atomic E-state index is 14.7. The molecule has 3 heterocycles. The van der Waals surface area contributed by atoms with Gasteiger partial charge in [0, 0.05) is 56.8 Å². The van der Waals surface area contributed by atoms with Crippen molar-refractivity contribution in [1.82, 2.24) is 57.0 Å². The molecule has 0 spiro atoms. The number of aliphatic hydroxyl groups is 1. The van der Waals surface area contributed by atoms with Gasteiger partial charge in [0.1, 0.15) is 61.3 Å². The molecule has 2 aliphatic heterocycles. The van der Waals surface area contributed by atoms with E-state index in [1.165, 1.54) is 31.3 Å². The van der Waals surface area contributed by atoms with E-state index in [1.54, 1.807) is 30.3 Å². The first kappa shape index (κ1) is 72.4. The number of aliphatic hydroxyl groups excluding tert-OH is 1. The number of likely N-dealkylation sites (tertiary alicyclic amines) is 2. The molecule has 2 aliphatic rings. The van der Waals surface area contributed by atoms with Crippen molar-refractivity contribution in [2.24, 2.45) is 17.2 Å². The Kier molecular flexibility index (Phi) is 31.5. The van der Waals surface area contributed by atoms with E-state index in [9.17, 15) is 72.5 Å². The molecular formula is C56H84N14O17S. The van der Waals surface area contributed by atoms with Crippen molar-refractivity contribution in [1.29, 1.82) is 0 Å². The number of carbonyl (C=O) groups excluding carboxylic acids is 12. The molecule has 0 saturated carbocycles. The Bertz CT molecular complexity index is 2680. The van der Waals surface area contributed by atoms with E-state index in [0.717, 1.165) is 22.2 Å². The van der Waals surface area contributed by atoms with E-state index in [4.69, 9.17) is 26.7 Å². The van der Waals surface area contributed by atoms with Crippen LogP contribution in [0.1, 0.15) is 95.7 Å². The summed E-state index contributed by atoms with van der Waals surface area (Å²) in [5, 5.41) is 37.8. The van der Waals surface area contributed by atoms with Gasteiger partial charge in [-0.1, -0.05) is 30.3 Å². The molecule has 88 heavy (non-hydrogen) atoms. The van der Waals surface area contributed by atoms with Crippen molar-refractivity contribution in [2.45, 2.75) is 158 Å². The summed E-state index contributed by atoms with van der Waals surface area (Å²) in [6.07, 6.45) is 3.99. The van der Waals surface area contributed by atoms with Gasteiger partial charge in [-0.05, 0) is 89.3 Å². The molecule has 9 amide bonds. The van der Waals surface area contributed by atoms with E-state index < -0.39 is 151 Å². The number of carboxylic acids is 1. The number of esters is 2. The lowest BCUT2D eigenvalue weighted by Gasteiger charge is -2.31. The minimum atomic E-state index is -1.71. The Morgan fingerprint density at radius 1 is 0.716 bits per heavy atom. The average molecular weight is 1260 g/mol. The number of carboxylic acid groups (broad SMARTS) is 1. The maximum Gasteiger partial charge on any atom is 0.305 e. The van der Waals surface area contributed by atoms with Crippen LogP contribution in [0.5, 0.6) is 0 Å². The average Bonchev–Trinajstić information content (AvgIpc) is 3.95. The Morgan fingerprint density at radius 3 is 1.80 bits per heavy atom. The van der Waals surface area contributed by atoms with Crippen molar-refractivity contribution < 1.29 is 82.0 Å². The molecule has 32 heteroatoms. The topological polar surface area (TPSA) is 478 Å². The Labute approximate surface area is 512 Å². The van der Waals surface area contributed by atoms with E-state index >= 15 is 0 Å². The number of aliphatic carboxylic acids is 1. The fourth-order valence-electron chi connectivity index (χ4n) is 9.79. The predicted molar refractivity (Wildman–Crippen MR) is 315 cm³/mol. The number of H-pyrrole nitrogens is 1. The number of rotatable bonds is 39. The quantitative estimate of drug-likeness (QED) is 0.0171. The van der Waals surface area contributed by atoms with Gasteiger partial charge in [0.15, 0.2) is 0 Å². The number of nitrogens with one attached hydrogen (secondary N) is 8. The van der Waals surface area contributed by atoms with Gasteiger partial charge in [-0.25, -0.2) is 4.98 Å². The number of hydrogen-bond donors (Lipinski definition) is 13. The highest BCUT2D eigenvalue weighted by molar-refractivity contribution is 7.99. The number of imidazole rings is 1. The van der Waals surface area contributed by atoms with E-state index in [-0.39, 0.29) is 89.2 Å². The number of nitrogens with zero attached hydrogens (tertiary/aromatic N) is 3. The summed E-state index contributed by atoms with van der Waals surface area (Å²) in [5.41, 5.74) is 18.7. The molecular weight excluding hydrogens is 1170 g/mol. The number of carbonyl (C=O) groups is 13. The summed E-state index contributed by atoms with van der Waals surface area (Å²) in [4.78, 5) is 181. The van der Waals surface area contributed by atoms with Crippen LogP contribution in [0.4, 0.5) is 0 Å². The molecule has 0 bridgehead atoms. The second-order valence-corrected chi connectivity index (χ2v) is 22.3. The number of amides is 9. The van der Waals surface area contributed by atoms with Gasteiger partial charge in [-0.2, -0.15) is 11.8 Å². The molecule has 2 saturated heterocycles. The molecule has 16 N–H and O–H groups in total. The highest BCUT2D eigenvalue weighted by Crippen LogP contribution is 2.23. The molecule has 0 aliphatic carbocycles. The van der Waals surface area contributed by atoms with Crippen LogP contribution in [0, 0.1) is 0 Å². The number of aromatic amines is 1. The summed E-state index contributed by atoms with van der Waals surface area (Å²) in [6.45, 7) is 1.05. The first-order valence-electron chi connectivity index (χ1n) is 29.1. The van der Waals surface area contributed by atoms with Crippen LogP contribution in [0.25, 0.3) is 0 Å². The van der Waals surface area contributed by atoms with Gasteiger partial charge in [0.05, 0.1) is 38.0 Å². The summed E-state index contributed by atoms with van der Waals surface area (Å²) in [7, 11) is 0. The van der Waals surface area contributed by atoms with Crippen molar-refractivity contribution in [2.75, 3.05) is 57.4 Å². The van der Waals surface area contributed by atoms with Gasteiger partial charge in [-0.3, -0.25) is 57.5 Å². The zero-order valence-corrected chi connectivity index (χ0v) is 50.3. The van der Waals surface area contributed by atoms with Crippen LogP contribution in [0.2, 0.25) is 0 Å². The largest absolute Gasteiger partial charge is 0.481 e. The fourth-order valence-corrected chi connectivity index (χ4v) is 10.8. The van der Waals surface area contributed by atoms with Crippen LogP contribution >= 0.6 is 11.8 Å². The molecule has 1 aromatic heterocycles. The summed E-state index contributed by atoms with van der Waals surface area (Å²) >= 11 is 1.10. The summed E-state index contributed by atoms with van der Waals surface area (Å²) in [5.74, 6) is -10.0. The van der Waals surface area contributed by atoms with Crippen LogP contribution in [-0.4, -0.2) is 225 Å². The second-order valence-electron chi connectivity index (χ2n) is 21.2. The number of aldehydes is 1. The molecule has 10 atom stereocenters. The molecule has 486 valence electrons. The molecule has 2 aromatic rings. The van der Waals surface area contributed by atoms with E-state index in [2.05, 4.69) is 47.2 Å². The molecule has 1 aromatic carbocycles. The summed E-state index contributed by atoms with van der Waals surface area (Å²) in [6, 6.07) is -2.94. The zero-order valence-electron chi connectivity index (χ0n) is 49.4. The van der Waals surface area contributed by atoms with Crippen molar-refractivity contribution in [3.05, 3.63) is 54.1 Å². The first-order valence-corrected chi connectivity index (χ1v) is 30.3. The first-order chi connectivity index (χ1) is 42.1. The molecule has 0 radical (unpaired) electrons. The van der Waals surface area contributed by atoms with Gasteiger partial charge in [-0.15, -0.1) is 0 Å². The molecule has 2 fully saturated rings. The standard InChI is InChI=1S/C56H84N14O17S/c1-33(73)86-29-38(87-34(2)74)30-88-31-39(59)49(78)61-26-47(75)64-43(24-48(76)77)56(85)70-21-11-17-46(70)54(83)65-40(14-6-8-18-57)50(79)67-42(23-36-25-60-32-62-36)55(84)69-20-10-16-45(69)53(82)66-41(15-7-9-19-58)51(80)68-44(28-72)52(81)63-37(27-71)22-35-12-4-3-5-13-35/h3-5,12-13,25,27,32,37-46,72H,6-11,14-24,26,28-31,57-59H2,1-2H3,(H,60,62)(H,61,78)(H,63,81)(H,64,75)(H,65,83)(H,66,82)(H,67,79)(H,68,80)(H,76,77)/t37-,38?,39?,40-,41-,42-,43-,44?,45-,46-/m0/s1. The van der Waals surface area contributed by atoms with E-state index in [1.807, 2.05) is 0 Å². The lowest BCUT2D eigenvalue weighted by molar-refractivity contribution is -0.154. The number of ether oxygens (including phenoxy) is 2.